The molecule has 0 spiro atoms. The largest absolute Gasteiger partial charge is 0.493 e. The van der Waals surface area contributed by atoms with Gasteiger partial charge in [-0.05, 0) is 38.1 Å². The van der Waals surface area contributed by atoms with E-state index in [1.807, 2.05) is 13.3 Å². The number of nitrogens with one attached hydrogen (secondary N) is 1. The summed E-state index contributed by atoms with van der Waals surface area (Å²) in [5.41, 5.74) is 1.13. The quantitative estimate of drug-likeness (QED) is 0.721. The van der Waals surface area contributed by atoms with Crippen LogP contribution in [0.15, 0.2) is 6.20 Å². The molecular weight excluding hydrogens is 266 g/mol. The van der Waals surface area contributed by atoms with E-state index < -0.39 is 0 Å². The molecule has 0 amide bonds. The second-order valence-corrected chi connectivity index (χ2v) is 5.79. The molecule has 2 atom stereocenters. The highest BCUT2D eigenvalue weighted by molar-refractivity contribution is 5.30. The molecule has 1 aliphatic rings. The molecule has 5 heteroatoms. The number of methoxy groups -OCH3 is 2. The standard InChI is InChI=1S/C16H29N3O2/c1-5-9-17-14(16(21-4)12-7-8-12)15-13(20-3)11-18-19(15)10-6-2/h11-12,14,16-17H,5-10H2,1-4H3. The molecule has 0 bridgehead atoms. The van der Waals surface area contributed by atoms with E-state index in [1.54, 1.807) is 7.11 Å². The van der Waals surface area contributed by atoms with Crippen LogP contribution in [0.1, 0.15) is 51.3 Å². The van der Waals surface area contributed by atoms with Crippen molar-refractivity contribution < 1.29 is 9.47 Å². The van der Waals surface area contributed by atoms with Gasteiger partial charge < -0.3 is 14.8 Å². The molecule has 120 valence electrons. The van der Waals surface area contributed by atoms with Crippen molar-refractivity contribution >= 4 is 0 Å². The fourth-order valence-corrected chi connectivity index (χ4v) is 2.93. The molecule has 1 aromatic heterocycles. The van der Waals surface area contributed by atoms with Gasteiger partial charge in [0.05, 0.1) is 31.1 Å². The van der Waals surface area contributed by atoms with Crippen LogP contribution in [0.3, 0.4) is 0 Å². The number of aryl methyl sites for hydroxylation is 1. The second kappa shape index (κ2) is 7.80. The molecule has 1 N–H and O–H groups in total. The summed E-state index contributed by atoms with van der Waals surface area (Å²) in [5.74, 6) is 1.51. The average molecular weight is 295 g/mol. The molecule has 1 saturated carbocycles. The van der Waals surface area contributed by atoms with E-state index in [-0.39, 0.29) is 12.1 Å². The van der Waals surface area contributed by atoms with E-state index in [9.17, 15) is 0 Å². The fourth-order valence-electron chi connectivity index (χ4n) is 2.93. The molecule has 5 nitrogen and oxygen atoms in total. The van der Waals surface area contributed by atoms with Crippen molar-refractivity contribution in [2.45, 2.75) is 58.2 Å². The lowest BCUT2D eigenvalue weighted by atomic mass is 10.0. The lowest BCUT2D eigenvalue weighted by Crippen LogP contribution is -2.37. The Bertz CT molecular complexity index is 429. The Labute approximate surface area is 128 Å². The maximum absolute atomic E-state index is 5.83. The van der Waals surface area contributed by atoms with Gasteiger partial charge in [0.2, 0.25) is 0 Å². The predicted molar refractivity (Wildman–Crippen MR) is 83.6 cm³/mol. The molecule has 1 aromatic rings. The lowest BCUT2D eigenvalue weighted by Gasteiger charge is -2.28. The fraction of sp³-hybridized carbons (Fsp3) is 0.812. The van der Waals surface area contributed by atoms with Gasteiger partial charge in [-0.2, -0.15) is 5.10 Å². The van der Waals surface area contributed by atoms with Crippen LogP contribution in [0.2, 0.25) is 0 Å². The smallest absolute Gasteiger partial charge is 0.161 e. The summed E-state index contributed by atoms with van der Waals surface area (Å²) in [7, 11) is 3.53. The lowest BCUT2D eigenvalue weighted by molar-refractivity contribution is 0.0471. The summed E-state index contributed by atoms with van der Waals surface area (Å²) in [4.78, 5) is 0. The van der Waals surface area contributed by atoms with Gasteiger partial charge in [-0.3, -0.25) is 4.68 Å². The van der Waals surface area contributed by atoms with Crippen LogP contribution in [0, 0.1) is 5.92 Å². The molecule has 2 rings (SSSR count). The maximum atomic E-state index is 5.83. The third-order valence-electron chi connectivity index (χ3n) is 4.10. The van der Waals surface area contributed by atoms with Crippen molar-refractivity contribution in [2.75, 3.05) is 20.8 Å². The molecule has 1 fully saturated rings. The van der Waals surface area contributed by atoms with Crippen LogP contribution < -0.4 is 10.1 Å². The molecule has 1 heterocycles. The zero-order valence-corrected chi connectivity index (χ0v) is 13.8. The number of rotatable bonds is 10. The van der Waals surface area contributed by atoms with E-state index in [4.69, 9.17) is 9.47 Å². The van der Waals surface area contributed by atoms with Gasteiger partial charge in [0.1, 0.15) is 0 Å². The Morgan fingerprint density at radius 3 is 2.62 bits per heavy atom. The van der Waals surface area contributed by atoms with Crippen molar-refractivity contribution in [3.05, 3.63) is 11.9 Å². The Balaban J connectivity index is 2.31. The molecule has 0 aromatic carbocycles. The molecular formula is C16H29N3O2. The molecule has 2 unspecified atom stereocenters. The number of aromatic nitrogens is 2. The molecule has 0 radical (unpaired) electrons. The van der Waals surface area contributed by atoms with Gasteiger partial charge in [-0.1, -0.05) is 13.8 Å². The normalized spacial score (nSPS) is 17.7. The van der Waals surface area contributed by atoms with Crippen LogP contribution in [-0.4, -0.2) is 36.6 Å². The van der Waals surface area contributed by atoms with Crippen molar-refractivity contribution in [1.82, 2.24) is 15.1 Å². The molecule has 1 aliphatic carbocycles. The van der Waals surface area contributed by atoms with Crippen LogP contribution in [0.4, 0.5) is 0 Å². The molecule has 0 aliphatic heterocycles. The minimum atomic E-state index is 0.145. The number of ether oxygens (including phenoxy) is 2. The Morgan fingerprint density at radius 2 is 2.10 bits per heavy atom. The van der Waals surface area contributed by atoms with Gasteiger partial charge >= 0.3 is 0 Å². The average Bonchev–Trinajstić information content (AvgIpc) is 3.25. The zero-order chi connectivity index (χ0) is 15.2. The van der Waals surface area contributed by atoms with Crippen molar-refractivity contribution in [2.24, 2.45) is 5.92 Å². The van der Waals surface area contributed by atoms with Gasteiger partial charge in [0.15, 0.2) is 5.75 Å². The number of nitrogens with zero attached hydrogens (tertiary/aromatic N) is 2. The maximum Gasteiger partial charge on any atom is 0.161 e. The minimum Gasteiger partial charge on any atom is -0.493 e. The van der Waals surface area contributed by atoms with Gasteiger partial charge in [-0.15, -0.1) is 0 Å². The van der Waals surface area contributed by atoms with Crippen LogP contribution in [-0.2, 0) is 11.3 Å². The first-order valence-corrected chi connectivity index (χ1v) is 8.12. The highest BCUT2D eigenvalue weighted by atomic mass is 16.5. The Kier molecular flexibility index (Phi) is 6.06. The summed E-state index contributed by atoms with van der Waals surface area (Å²) >= 11 is 0. The van der Waals surface area contributed by atoms with Gasteiger partial charge in [0, 0.05) is 13.7 Å². The first kappa shape index (κ1) is 16.3. The summed E-state index contributed by atoms with van der Waals surface area (Å²) < 4.78 is 13.4. The van der Waals surface area contributed by atoms with Crippen LogP contribution in [0.25, 0.3) is 0 Å². The SMILES string of the molecule is CCCNC(c1c(OC)cnn1CCC)C(OC)C1CC1. The van der Waals surface area contributed by atoms with Crippen molar-refractivity contribution in [1.29, 1.82) is 0 Å². The zero-order valence-electron chi connectivity index (χ0n) is 13.8. The minimum absolute atomic E-state index is 0.145. The summed E-state index contributed by atoms with van der Waals surface area (Å²) in [6.45, 7) is 6.23. The molecule has 21 heavy (non-hydrogen) atoms. The van der Waals surface area contributed by atoms with Gasteiger partial charge in [-0.25, -0.2) is 0 Å². The summed E-state index contributed by atoms with van der Waals surface area (Å²) in [5, 5.41) is 8.15. The van der Waals surface area contributed by atoms with Crippen LogP contribution in [0.5, 0.6) is 5.75 Å². The predicted octanol–water partition coefficient (Wildman–Crippen LogP) is 2.77. The summed E-state index contributed by atoms with van der Waals surface area (Å²) in [6, 6.07) is 0.145. The van der Waals surface area contributed by atoms with Gasteiger partial charge in [0.25, 0.3) is 0 Å². The van der Waals surface area contributed by atoms with E-state index >= 15 is 0 Å². The number of hydrogen-bond donors (Lipinski definition) is 1. The third-order valence-corrected chi connectivity index (χ3v) is 4.10. The summed E-state index contributed by atoms with van der Waals surface area (Å²) in [6.07, 6.45) is 6.68. The van der Waals surface area contributed by atoms with Crippen molar-refractivity contribution in [3.8, 4) is 5.75 Å². The highest BCUT2D eigenvalue weighted by Gasteiger charge is 2.39. The van der Waals surface area contributed by atoms with Crippen LogP contribution >= 0.6 is 0 Å². The Morgan fingerprint density at radius 1 is 1.33 bits per heavy atom. The molecule has 0 saturated heterocycles. The van der Waals surface area contributed by atoms with E-state index in [2.05, 4.69) is 28.9 Å². The first-order chi connectivity index (χ1) is 10.3. The van der Waals surface area contributed by atoms with E-state index in [0.717, 1.165) is 37.4 Å². The number of hydrogen-bond acceptors (Lipinski definition) is 4. The monoisotopic (exact) mass is 295 g/mol. The third kappa shape index (κ3) is 3.77. The van der Waals surface area contributed by atoms with E-state index in [1.165, 1.54) is 12.8 Å². The Hall–Kier alpha value is -1.07. The second-order valence-electron chi connectivity index (χ2n) is 5.79. The highest BCUT2D eigenvalue weighted by Crippen LogP contribution is 2.41. The first-order valence-electron chi connectivity index (χ1n) is 8.12. The van der Waals surface area contributed by atoms with E-state index in [0.29, 0.717) is 5.92 Å². The topological polar surface area (TPSA) is 48.3 Å². The van der Waals surface area contributed by atoms with Crippen molar-refractivity contribution in [3.63, 3.8) is 0 Å².